The van der Waals surface area contributed by atoms with Crippen molar-refractivity contribution in [3.63, 3.8) is 0 Å². The van der Waals surface area contributed by atoms with Crippen LogP contribution in [0.4, 0.5) is 0 Å². The van der Waals surface area contributed by atoms with Gasteiger partial charge < -0.3 is 4.57 Å². The summed E-state index contributed by atoms with van der Waals surface area (Å²) in [6.07, 6.45) is 0. The van der Waals surface area contributed by atoms with Gasteiger partial charge in [0.25, 0.3) is 0 Å². The predicted octanol–water partition coefficient (Wildman–Crippen LogP) is 12.0. The van der Waals surface area contributed by atoms with Crippen LogP contribution in [0.1, 0.15) is 12.3 Å². The van der Waals surface area contributed by atoms with E-state index >= 15 is 0 Å². The summed E-state index contributed by atoms with van der Waals surface area (Å²) in [6, 6.07) is 32.6. The molecule has 0 unspecified atom stereocenters. The summed E-state index contributed by atoms with van der Waals surface area (Å²) >= 11 is 1.68. The fourth-order valence-corrected chi connectivity index (χ4v) is 7.89. The lowest BCUT2D eigenvalue weighted by Crippen LogP contribution is -2.01. The summed E-state index contributed by atoms with van der Waals surface area (Å²) in [5.41, 5.74) is 3.60. The standard InChI is InChI=1S/C45H28N4S/c1-3-14-29(15-4-1)33-22-13-26-39-41(33)36-21-7-9-25-38(36)49(39)32-19-11-18-31(28-32)44-46-43(30-16-5-2-6-17-30)47-45(48-44)37-24-12-23-35-34-20-8-10-27-40(34)50-42(35)37/h1-28H/i1D,3D,4D,7D,9D,14D,15D,21D,25D. The molecule has 3 heterocycles. The zero-order valence-corrected chi connectivity index (χ0v) is 27.0. The average molecular weight is 666 g/mol. The van der Waals surface area contributed by atoms with Crippen LogP contribution in [-0.4, -0.2) is 19.5 Å². The summed E-state index contributed by atoms with van der Waals surface area (Å²) in [5.74, 6) is 1.35. The summed E-state index contributed by atoms with van der Waals surface area (Å²) in [7, 11) is 0. The highest BCUT2D eigenvalue weighted by Crippen LogP contribution is 2.41. The number of rotatable bonds is 5. The molecule has 0 aliphatic rings. The molecule has 5 heteroatoms. The minimum Gasteiger partial charge on any atom is -0.309 e. The molecule has 3 aromatic heterocycles. The van der Waals surface area contributed by atoms with Crippen LogP contribution in [0.2, 0.25) is 0 Å². The Labute approximate surface area is 305 Å². The van der Waals surface area contributed by atoms with Gasteiger partial charge in [-0.25, -0.2) is 15.0 Å². The summed E-state index contributed by atoms with van der Waals surface area (Å²) in [5, 5.41) is 2.73. The Kier molecular flexibility index (Phi) is 4.84. The molecule has 50 heavy (non-hydrogen) atoms. The molecule has 0 N–H and O–H groups in total. The molecule has 0 saturated carbocycles. The van der Waals surface area contributed by atoms with Gasteiger partial charge in [-0.05, 0) is 47.5 Å². The van der Waals surface area contributed by atoms with Crippen molar-refractivity contribution in [1.29, 1.82) is 0 Å². The van der Waals surface area contributed by atoms with Crippen molar-refractivity contribution < 1.29 is 12.3 Å². The highest BCUT2D eigenvalue weighted by atomic mass is 32.1. The average Bonchev–Trinajstić information content (AvgIpc) is 3.83. The number of hydrogen-bond donors (Lipinski definition) is 0. The molecule has 10 aromatic rings. The monoisotopic (exact) mass is 665 g/mol. The van der Waals surface area contributed by atoms with E-state index in [1.165, 1.54) is 0 Å². The number of para-hydroxylation sites is 1. The van der Waals surface area contributed by atoms with Crippen LogP contribution in [0.5, 0.6) is 0 Å². The zero-order valence-electron chi connectivity index (χ0n) is 35.2. The van der Waals surface area contributed by atoms with Crippen LogP contribution < -0.4 is 0 Å². The van der Waals surface area contributed by atoms with E-state index < -0.39 is 42.3 Å². The normalized spacial score (nSPS) is 14.1. The molecule has 234 valence electrons. The van der Waals surface area contributed by atoms with Crippen LogP contribution in [0.25, 0.3) is 93.0 Å². The number of benzene rings is 7. The molecule has 7 aromatic carbocycles. The first-order valence-corrected chi connectivity index (χ1v) is 16.8. The van der Waals surface area contributed by atoms with E-state index in [1.807, 2.05) is 78.9 Å². The minimum atomic E-state index is -0.533. The second-order valence-electron chi connectivity index (χ2n) is 11.8. The van der Waals surface area contributed by atoms with Crippen molar-refractivity contribution in [2.75, 3.05) is 0 Å². The molecular weight excluding hydrogens is 629 g/mol. The topological polar surface area (TPSA) is 43.6 Å². The summed E-state index contributed by atoms with van der Waals surface area (Å²) in [6.45, 7) is 0. The first kappa shape index (κ1) is 20.8. The molecular formula is C45H28N4S. The number of nitrogens with zero attached hydrogens (tertiary/aromatic N) is 4. The van der Waals surface area contributed by atoms with E-state index in [0.717, 1.165) is 31.3 Å². The lowest BCUT2D eigenvalue weighted by atomic mass is 9.99. The Morgan fingerprint density at radius 1 is 0.480 bits per heavy atom. The highest BCUT2D eigenvalue weighted by molar-refractivity contribution is 7.26. The van der Waals surface area contributed by atoms with E-state index in [1.54, 1.807) is 34.1 Å². The summed E-state index contributed by atoms with van der Waals surface area (Å²) in [4.78, 5) is 15.1. The molecule has 0 amide bonds. The van der Waals surface area contributed by atoms with Crippen LogP contribution in [0.3, 0.4) is 0 Å². The van der Waals surface area contributed by atoms with Crippen LogP contribution in [-0.2, 0) is 0 Å². The van der Waals surface area contributed by atoms with Crippen LogP contribution in [0.15, 0.2) is 170 Å². The quantitative estimate of drug-likeness (QED) is 0.184. The molecule has 0 aliphatic carbocycles. The fraction of sp³-hybridized carbons (Fsp3) is 0. The van der Waals surface area contributed by atoms with Crippen molar-refractivity contribution in [2.45, 2.75) is 0 Å². The molecule has 4 nitrogen and oxygen atoms in total. The Morgan fingerprint density at radius 2 is 1.16 bits per heavy atom. The minimum absolute atomic E-state index is 0.0679. The van der Waals surface area contributed by atoms with Crippen molar-refractivity contribution in [2.24, 2.45) is 0 Å². The van der Waals surface area contributed by atoms with Crippen molar-refractivity contribution in [1.82, 2.24) is 19.5 Å². The fourth-order valence-electron chi connectivity index (χ4n) is 6.67. The van der Waals surface area contributed by atoms with E-state index in [9.17, 15) is 1.37 Å². The maximum atomic E-state index is 9.17. The number of aromatic nitrogens is 4. The molecule has 0 fully saturated rings. The third kappa shape index (κ3) is 4.63. The Hall–Kier alpha value is -6.43. The Bertz CT molecular complexity index is 3370. The lowest BCUT2D eigenvalue weighted by Gasteiger charge is -2.12. The van der Waals surface area contributed by atoms with Gasteiger partial charge in [0.15, 0.2) is 17.5 Å². The maximum Gasteiger partial charge on any atom is 0.165 e. The van der Waals surface area contributed by atoms with Gasteiger partial charge >= 0.3 is 0 Å². The van der Waals surface area contributed by atoms with E-state index in [-0.39, 0.29) is 34.1 Å². The third-order valence-electron chi connectivity index (χ3n) is 8.87. The lowest BCUT2D eigenvalue weighted by molar-refractivity contribution is 1.07. The SMILES string of the molecule is [2H]c1c([2H])c([2H])c(-c2cccc3c2c2c([2H])c([2H])c([2H])c([2H])c2n3-c2cccc(-c3nc(-c4ccccc4)nc(-c4cccc5c4sc4ccccc45)n3)c2)c([2H])c1[2H]. The highest BCUT2D eigenvalue weighted by Gasteiger charge is 2.19. The van der Waals surface area contributed by atoms with Gasteiger partial charge in [-0.3, -0.25) is 0 Å². The van der Waals surface area contributed by atoms with Crippen LogP contribution in [0, 0.1) is 0 Å². The third-order valence-corrected chi connectivity index (χ3v) is 10.1. The van der Waals surface area contributed by atoms with E-state index in [2.05, 4.69) is 18.2 Å². The largest absolute Gasteiger partial charge is 0.309 e. The van der Waals surface area contributed by atoms with Crippen molar-refractivity contribution in [3.8, 4) is 51.0 Å². The molecule has 0 spiro atoms. The summed E-state index contributed by atoms with van der Waals surface area (Å²) < 4.78 is 82.1. The first-order valence-electron chi connectivity index (χ1n) is 20.5. The number of hydrogen-bond acceptors (Lipinski definition) is 4. The van der Waals surface area contributed by atoms with Crippen LogP contribution >= 0.6 is 11.3 Å². The molecule has 0 bridgehead atoms. The number of fused-ring (bicyclic) bond motifs is 6. The van der Waals surface area contributed by atoms with Gasteiger partial charge in [0.1, 0.15) is 0 Å². The van der Waals surface area contributed by atoms with Crippen molar-refractivity contribution >= 4 is 53.3 Å². The van der Waals surface area contributed by atoms with Gasteiger partial charge in [-0.15, -0.1) is 11.3 Å². The van der Waals surface area contributed by atoms with E-state index in [0.29, 0.717) is 39.6 Å². The van der Waals surface area contributed by atoms with Gasteiger partial charge in [0, 0.05) is 53.3 Å². The van der Waals surface area contributed by atoms with Gasteiger partial charge in [-0.1, -0.05) is 133 Å². The van der Waals surface area contributed by atoms with Crippen molar-refractivity contribution in [3.05, 3.63) is 170 Å². The molecule has 0 radical (unpaired) electrons. The molecule has 10 rings (SSSR count). The first-order chi connectivity index (χ1) is 28.5. The maximum absolute atomic E-state index is 9.17. The molecule has 0 saturated heterocycles. The second kappa shape index (κ2) is 11.6. The zero-order chi connectivity index (χ0) is 40.9. The molecule has 0 aliphatic heterocycles. The molecule has 0 atom stereocenters. The number of thiophene rings is 1. The Morgan fingerprint density at radius 3 is 2.06 bits per heavy atom. The smallest absolute Gasteiger partial charge is 0.165 e. The van der Waals surface area contributed by atoms with E-state index in [4.69, 9.17) is 25.9 Å². The Balaban J connectivity index is 1.24. The predicted molar refractivity (Wildman–Crippen MR) is 209 cm³/mol. The second-order valence-corrected chi connectivity index (χ2v) is 12.8. The van der Waals surface area contributed by atoms with Gasteiger partial charge in [-0.2, -0.15) is 0 Å². The van der Waals surface area contributed by atoms with Gasteiger partial charge in [0.2, 0.25) is 0 Å². The van der Waals surface area contributed by atoms with Gasteiger partial charge in [0.05, 0.1) is 23.4 Å².